The standard InChI is InChI=1S/C60H35N3/c1-2-15-41(16-3-1)63-54-24-11-8-17-43(54)50-35-40(28-32-55(50)63)57-46-19-7-6-18-45(46)56(39-26-25-36-13-4-5-14-37(36)33-39)47-29-27-38(34-51(47)57)42-30-31-49-58-44(42)20-12-21-48(58)59-60(49)62-53-23-10-9-22-52(53)61-59/h1-35H. The Labute approximate surface area is 362 Å². The van der Waals surface area contributed by atoms with Gasteiger partial charge in [0.25, 0.3) is 0 Å². The Morgan fingerprint density at radius 2 is 0.857 bits per heavy atom. The van der Waals surface area contributed by atoms with Crippen LogP contribution in [0.15, 0.2) is 212 Å². The van der Waals surface area contributed by atoms with E-state index in [9.17, 15) is 0 Å². The zero-order valence-corrected chi connectivity index (χ0v) is 34.0. The number of para-hydroxylation sites is 4. The summed E-state index contributed by atoms with van der Waals surface area (Å²) in [5, 5.41) is 12.3. The molecule has 0 radical (unpaired) electrons. The third kappa shape index (κ3) is 4.96. The smallest absolute Gasteiger partial charge is 0.0979 e. The van der Waals surface area contributed by atoms with Crippen molar-refractivity contribution in [1.29, 1.82) is 0 Å². The first-order chi connectivity index (χ1) is 31.2. The van der Waals surface area contributed by atoms with E-state index in [-0.39, 0.29) is 0 Å². The molecule has 63 heavy (non-hydrogen) atoms. The van der Waals surface area contributed by atoms with E-state index in [1.807, 2.05) is 12.1 Å². The second kappa shape index (κ2) is 13.1. The lowest BCUT2D eigenvalue weighted by molar-refractivity contribution is 1.18. The monoisotopic (exact) mass is 797 g/mol. The maximum Gasteiger partial charge on any atom is 0.0979 e. The minimum atomic E-state index is 0.917. The topological polar surface area (TPSA) is 30.7 Å². The molecule has 1 aliphatic rings. The van der Waals surface area contributed by atoms with Gasteiger partial charge in [-0.25, -0.2) is 9.97 Å². The van der Waals surface area contributed by atoms with Gasteiger partial charge in [-0.05, 0) is 126 Å². The first-order valence-electron chi connectivity index (χ1n) is 21.7. The van der Waals surface area contributed by atoms with Gasteiger partial charge in [-0.2, -0.15) is 0 Å². The minimum absolute atomic E-state index is 0.917. The number of rotatable bonds is 4. The molecule has 0 unspecified atom stereocenters. The molecule has 11 aromatic carbocycles. The normalized spacial score (nSPS) is 12.1. The fraction of sp³-hybridized carbons (Fsp3) is 0. The zero-order valence-electron chi connectivity index (χ0n) is 34.0. The molecule has 0 bridgehead atoms. The van der Waals surface area contributed by atoms with E-state index >= 15 is 0 Å². The van der Waals surface area contributed by atoms with Crippen molar-refractivity contribution in [2.75, 3.05) is 0 Å². The molecule has 0 spiro atoms. The first-order valence-corrected chi connectivity index (χ1v) is 21.7. The highest BCUT2D eigenvalue weighted by atomic mass is 15.0. The summed E-state index contributed by atoms with van der Waals surface area (Å²) in [7, 11) is 0. The number of aromatic nitrogens is 3. The summed E-state index contributed by atoms with van der Waals surface area (Å²) >= 11 is 0. The van der Waals surface area contributed by atoms with Crippen LogP contribution in [0.2, 0.25) is 0 Å². The maximum absolute atomic E-state index is 5.17. The average Bonchev–Trinajstić information content (AvgIpc) is 3.85. The summed E-state index contributed by atoms with van der Waals surface area (Å²) in [6.07, 6.45) is 0. The van der Waals surface area contributed by atoms with Gasteiger partial charge in [-0.3, -0.25) is 0 Å². The van der Waals surface area contributed by atoms with Crippen LogP contribution < -0.4 is 0 Å². The highest BCUT2D eigenvalue weighted by molar-refractivity contribution is 6.24. The van der Waals surface area contributed by atoms with Gasteiger partial charge in [0.2, 0.25) is 0 Å². The van der Waals surface area contributed by atoms with Crippen molar-refractivity contribution < 1.29 is 0 Å². The maximum atomic E-state index is 5.17. The van der Waals surface area contributed by atoms with Crippen molar-refractivity contribution >= 4 is 75.9 Å². The Bertz CT molecular complexity index is 4040. The van der Waals surface area contributed by atoms with Crippen molar-refractivity contribution in [1.82, 2.24) is 14.5 Å². The third-order valence-corrected chi connectivity index (χ3v) is 13.5. The largest absolute Gasteiger partial charge is 0.309 e. The summed E-state index contributed by atoms with van der Waals surface area (Å²) in [4.78, 5) is 10.3. The lowest BCUT2D eigenvalue weighted by Crippen LogP contribution is -1.94. The van der Waals surface area contributed by atoms with Crippen LogP contribution in [0, 0.1) is 0 Å². The second-order valence-electron chi connectivity index (χ2n) is 16.8. The molecule has 1 aliphatic carbocycles. The Kier molecular flexibility index (Phi) is 7.11. The summed E-state index contributed by atoms with van der Waals surface area (Å²) in [5.41, 5.74) is 16.9. The van der Waals surface area contributed by atoms with Crippen molar-refractivity contribution in [3.05, 3.63) is 212 Å². The van der Waals surface area contributed by atoms with Crippen LogP contribution in [0.3, 0.4) is 0 Å². The van der Waals surface area contributed by atoms with Gasteiger partial charge in [0.1, 0.15) is 0 Å². The molecule has 0 N–H and O–H groups in total. The van der Waals surface area contributed by atoms with Gasteiger partial charge in [-0.1, -0.05) is 158 Å². The first kappa shape index (κ1) is 34.3. The Balaban J connectivity index is 1.06. The van der Waals surface area contributed by atoms with Crippen LogP contribution in [0.4, 0.5) is 0 Å². The van der Waals surface area contributed by atoms with Crippen LogP contribution in [0.1, 0.15) is 0 Å². The number of hydrogen-bond acceptors (Lipinski definition) is 2. The summed E-state index contributed by atoms with van der Waals surface area (Å²) in [6, 6.07) is 77.8. The SMILES string of the molecule is c1ccc(-n2c3ccccc3c3cc(-c4c5ccccc5c(-c5ccc6ccccc6c5)c5ccc(-c6ccc7c8c(cccc68)-c6nc8ccccc8nc6-7)cc45)ccc32)cc1. The predicted molar refractivity (Wildman–Crippen MR) is 265 cm³/mol. The lowest BCUT2D eigenvalue weighted by Gasteiger charge is -2.19. The Hall–Kier alpha value is -8.40. The van der Waals surface area contributed by atoms with Crippen LogP contribution in [-0.4, -0.2) is 14.5 Å². The highest BCUT2D eigenvalue weighted by Crippen LogP contribution is 2.50. The van der Waals surface area contributed by atoms with Gasteiger partial charge in [0, 0.05) is 33.0 Å². The van der Waals surface area contributed by atoms with Crippen LogP contribution in [0.25, 0.3) is 138 Å². The predicted octanol–water partition coefficient (Wildman–Crippen LogP) is 16.0. The van der Waals surface area contributed by atoms with Gasteiger partial charge < -0.3 is 4.57 Å². The summed E-state index contributed by atoms with van der Waals surface area (Å²) in [6.45, 7) is 0. The number of hydrogen-bond donors (Lipinski definition) is 0. The molecule has 0 atom stereocenters. The molecule has 2 aromatic heterocycles. The van der Waals surface area contributed by atoms with Crippen molar-refractivity contribution in [2.45, 2.75) is 0 Å². The number of benzene rings is 11. The van der Waals surface area contributed by atoms with Crippen LogP contribution in [0.5, 0.6) is 0 Å². The fourth-order valence-electron chi connectivity index (χ4n) is 10.7. The Morgan fingerprint density at radius 3 is 1.67 bits per heavy atom. The van der Waals surface area contributed by atoms with E-state index < -0.39 is 0 Å². The molecular formula is C60H35N3. The minimum Gasteiger partial charge on any atom is -0.309 e. The molecule has 14 rings (SSSR count). The van der Waals surface area contributed by atoms with Gasteiger partial charge >= 0.3 is 0 Å². The van der Waals surface area contributed by atoms with E-state index in [4.69, 9.17) is 9.97 Å². The van der Waals surface area contributed by atoms with E-state index in [2.05, 4.69) is 205 Å². The lowest BCUT2D eigenvalue weighted by atomic mass is 9.84. The van der Waals surface area contributed by atoms with Crippen molar-refractivity contribution in [2.24, 2.45) is 0 Å². The fourth-order valence-corrected chi connectivity index (χ4v) is 10.7. The molecule has 0 aliphatic heterocycles. The van der Waals surface area contributed by atoms with Gasteiger partial charge in [-0.15, -0.1) is 0 Å². The van der Waals surface area contributed by atoms with E-state index in [0.717, 1.165) is 39.2 Å². The van der Waals surface area contributed by atoms with E-state index in [1.165, 1.54) is 98.3 Å². The molecule has 0 saturated heterocycles. The average molecular weight is 798 g/mol. The van der Waals surface area contributed by atoms with Gasteiger partial charge in [0.15, 0.2) is 0 Å². The highest BCUT2D eigenvalue weighted by Gasteiger charge is 2.27. The van der Waals surface area contributed by atoms with E-state index in [1.54, 1.807) is 0 Å². The molecule has 3 nitrogen and oxygen atoms in total. The molecule has 3 heteroatoms. The summed E-state index contributed by atoms with van der Waals surface area (Å²) < 4.78 is 2.40. The quantitative estimate of drug-likeness (QED) is 0.166. The molecule has 13 aromatic rings. The second-order valence-corrected chi connectivity index (χ2v) is 16.8. The van der Waals surface area contributed by atoms with Crippen molar-refractivity contribution in [3.63, 3.8) is 0 Å². The zero-order chi connectivity index (χ0) is 41.2. The molecule has 0 amide bonds. The van der Waals surface area contributed by atoms with Gasteiger partial charge in [0.05, 0.1) is 33.5 Å². The van der Waals surface area contributed by atoms with E-state index in [0.29, 0.717) is 0 Å². The van der Waals surface area contributed by atoms with Crippen molar-refractivity contribution in [3.8, 4) is 61.6 Å². The molecular weight excluding hydrogens is 763 g/mol. The summed E-state index contributed by atoms with van der Waals surface area (Å²) in [5.74, 6) is 0. The molecule has 0 fully saturated rings. The third-order valence-electron chi connectivity index (χ3n) is 13.5. The number of fused-ring (bicyclic) bond motifs is 10. The number of nitrogens with zero attached hydrogens (tertiary/aromatic N) is 3. The Morgan fingerprint density at radius 1 is 0.302 bits per heavy atom. The molecule has 2 heterocycles. The van der Waals surface area contributed by atoms with Crippen LogP contribution in [-0.2, 0) is 0 Å². The molecule has 0 saturated carbocycles. The van der Waals surface area contributed by atoms with Crippen LogP contribution >= 0.6 is 0 Å². The molecule has 290 valence electrons.